The number of aliphatic imine (C=N–C) groups is 1. The van der Waals surface area contributed by atoms with Crippen molar-refractivity contribution in [2.24, 2.45) is 4.99 Å². The Morgan fingerprint density at radius 2 is 2.11 bits per heavy atom. The molecule has 0 saturated carbocycles. The summed E-state index contributed by atoms with van der Waals surface area (Å²) in [6.07, 6.45) is 4.62. The number of nitrogens with zero attached hydrogens (tertiary/aromatic N) is 3. The highest BCUT2D eigenvalue weighted by Gasteiger charge is 2.34. The van der Waals surface area contributed by atoms with Gasteiger partial charge in [-0.1, -0.05) is 6.08 Å². The second-order valence-electron chi connectivity index (χ2n) is 6.75. The number of furan rings is 1. The molecule has 2 fully saturated rings. The minimum Gasteiger partial charge on any atom is -0.457 e. The van der Waals surface area contributed by atoms with E-state index < -0.39 is 18.0 Å². The number of amides is 3. The van der Waals surface area contributed by atoms with Crippen LogP contribution in [-0.2, 0) is 9.53 Å². The largest absolute Gasteiger partial charge is 0.457 e. The van der Waals surface area contributed by atoms with Crippen LogP contribution in [0.25, 0.3) is 6.08 Å². The summed E-state index contributed by atoms with van der Waals surface area (Å²) in [4.78, 5) is 32.7. The summed E-state index contributed by atoms with van der Waals surface area (Å²) in [7, 11) is 1.72. The van der Waals surface area contributed by atoms with Gasteiger partial charge in [-0.15, -0.1) is 0 Å². The summed E-state index contributed by atoms with van der Waals surface area (Å²) in [5.41, 5.74) is 0.685. The highest BCUT2D eigenvalue weighted by molar-refractivity contribution is 6.04. The number of carbonyl (C=O) groups is 2. The molecular weight excluding hydrogens is 350 g/mol. The molecule has 0 aromatic carbocycles. The molecule has 3 amide bonds. The van der Waals surface area contributed by atoms with Crippen molar-refractivity contribution in [1.29, 1.82) is 0 Å². The molecule has 4 heterocycles. The number of amidine groups is 1. The van der Waals surface area contributed by atoms with Gasteiger partial charge in [0.15, 0.2) is 11.8 Å². The molecule has 3 aliphatic heterocycles. The molecule has 0 radical (unpaired) electrons. The van der Waals surface area contributed by atoms with Crippen molar-refractivity contribution in [3.8, 4) is 0 Å². The van der Waals surface area contributed by atoms with Crippen molar-refractivity contribution in [1.82, 2.24) is 20.4 Å². The highest BCUT2D eigenvalue weighted by Crippen LogP contribution is 2.32. The molecule has 2 saturated heterocycles. The molecule has 1 aromatic rings. The number of piperazine rings is 1. The molecule has 0 spiro atoms. The topological polar surface area (TPSA) is 99.4 Å². The number of hydrogen-bond donors (Lipinski definition) is 2. The minimum atomic E-state index is -0.805. The fourth-order valence-corrected chi connectivity index (χ4v) is 3.49. The van der Waals surface area contributed by atoms with Crippen LogP contribution in [-0.4, -0.2) is 74.0 Å². The van der Waals surface area contributed by atoms with Crippen LogP contribution in [0.5, 0.6) is 0 Å². The van der Waals surface area contributed by atoms with Gasteiger partial charge in [0.05, 0.1) is 6.61 Å². The van der Waals surface area contributed by atoms with Gasteiger partial charge in [0.1, 0.15) is 17.3 Å². The number of rotatable bonds is 4. The van der Waals surface area contributed by atoms with Gasteiger partial charge < -0.3 is 19.4 Å². The maximum atomic E-state index is 11.9. The van der Waals surface area contributed by atoms with Crippen LogP contribution in [0, 0.1) is 0 Å². The first-order valence-electron chi connectivity index (χ1n) is 9.09. The fraction of sp³-hybridized carbons (Fsp3) is 0.500. The van der Waals surface area contributed by atoms with E-state index in [0.717, 1.165) is 51.6 Å². The molecule has 27 heavy (non-hydrogen) atoms. The van der Waals surface area contributed by atoms with Gasteiger partial charge in [-0.3, -0.25) is 15.0 Å². The molecule has 0 bridgehead atoms. The Morgan fingerprint density at radius 3 is 2.81 bits per heavy atom. The summed E-state index contributed by atoms with van der Waals surface area (Å²) in [5.74, 6) is 1.57. The third kappa shape index (κ3) is 3.74. The average Bonchev–Trinajstić information content (AvgIpc) is 3.15. The van der Waals surface area contributed by atoms with Crippen LogP contribution >= 0.6 is 0 Å². The minimum absolute atomic E-state index is 0.391. The molecule has 0 aliphatic carbocycles. The fourth-order valence-electron chi connectivity index (χ4n) is 3.49. The predicted octanol–water partition coefficient (Wildman–Crippen LogP) is 0.871. The van der Waals surface area contributed by atoms with Crippen molar-refractivity contribution in [3.05, 3.63) is 23.7 Å². The highest BCUT2D eigenvalue weighted by atomic mass is 16.5. The van der Waals surface area contributed by atoms with Crippen LogP contribution in [0.4, 0.5) is 10.5 Å². The molecule has 144 valence electrons. The van der Waals surface area contributed by atoms with Crippen molar-refractivity contribution in [2.75, 3.05) is 46.4 Å². The molecule has 9 nitrogen and oxygen atoms in total. The lowest BCUT2D eigenvalue weighted by atomic mass is 10.2. The van der Waals surface area contributed by atoms with Crippen LogP contribution in [0.15, 0.2) is 21.6 Å². The smallest absolute Gasteiger partial charge is 0.322 e. The van der Waals surface area contributed by atoms with Gasteiger partial charge in [0.25, 0.3) is 5.91 Å². The Labute approximate surface area is 157 Å². The Hall–Kier alpha value is -2.65. The van der Waals surface area contributed by atoms with E-state index in [9.17, 15) is 9.59 Å². The van der Waals surface area contributed by atoms with Crippen LogP contribution in [0.2, 0.25) is 0 Å². The zero-order chi connectivity index (χ0) is 18.8. The van der Waals surface area contributed by atoms with Crippen molar-refractivity contribution < 1.29 is 18.7 Å². The standard InChI is InChI=1S/C18H23N5O4/c1-26-10-9-22-5-7-23(8-6-22)15-4-2-3-13-12(19-15)11-14(27-13)16-17(24)21-18(25)20-16/h2-3,11,16H,4-10H2,1H3,(H2,20,21,24,25). The normalized spacial score (nSPS) is 22.9. The van der Waals surface area contributed by atoms with E-state index in [1.165, 1.54) is 0 Å². The van der Waals surface area contributed by atoms with Gasteiger partial charge in [0, 0.05) is 52.3 Å². The average molecular weight is 373 g/mol. The van der Waals surface area contributed by atoms with E-state index in [1.807, 2.05) is 12.2 Å². The number of ether oxygens (including phenoxy) is 1. The maximum Gasteiger partial charge on any atom is 0.322 e. The lowest BCUT2D eigenvalue weighted by Crippen LogP contribution is -2.49. The van der Waals surface area contributed by atoms with E-state index in [2.05, 4.69) is 20.4 Å². The Balaban J connectivity index is 1.48. The van der Waals surface area contributed by atoms with Crippen LogP contribution in [0.1, 0.15) is 24.0 Å². The maximum absolute atomic E-state index is 11.9. The van der Waals surface area contributed by atoms with Gasteiger partial charge >= 0.3 is 6.03 Å². The summed E-state index contributed by atoms with van der Waals surface area (Å²) >= 11 is 0. The number of carbonyl (C=O) groups excluding carboxylic acids is 2. The molecular formula is C18H23N5O4. The van der Waals surface area contributed by atoms with Crippen molar-refractivity contribution >= 4 is 29.5 Å². The number of methoxy groups -OCH3 is 1. The first-order valence-corrected chi connectivity index (χ1v) is 9.09. The predicted molar refractivity (Wildman–Crippen MR) is 98.8 cm³/mol. The first-order chi connectivity index (χ1) is 13.1. The second kappa shape index (κ2) is 7.53. The molecule has 2 N–H and O–H groups in total. The van der Waals surface area contributed by atoms with E-state index in [1.54, 1.807) is 13.2 Å². The molecule has 1 aromatic heterocycles. The Morgan fingerprint density at radius 1 is 1.30 bits per heavy atom. The second-order valence-corrected chi connectivity index (χ2v) is 6.75. The van der Waals surface area contributed by atoms with Gasteiger partial charge in [-0.05, 0) is 6.08 Å². The van der Waals surface area contributed by atoms with Crippen LogP contribution < -0.4 is 10.6 Å². The lowest BCUT2D eigenvalue weighted by Gasteiger charge is -2.36. The monoisotopic (exact) mass is 373 g/mol. The Kier molecular flexibility index (Phi) is 4.95. The SMILES string of the molecule is COCCN1CCN(C2=Nc3cc(C4NC(=O)NC4=O)oc3C=CC2)CC1. The lowest BCUT2D eigenvalue weighted by molar-refractivity contribution is -0.120. The van der Waals surface area contributed by atoms with Crippen LogP contribution in [0.3, 0.4) is 0 Å². The third-order valence-electron chi connectivity index (χ3n) is 4.99. The number of nitrogens with one attached hydrogen (secondary N) is 2. The summed E-state index contributed by atoms with van der Waals surface area (Å²) in [6, 6.07) is 0.416. The van der Waals surface area contributed by atoms with E-state index in [0.29, 0.717) is 17.2 Å². The third-order valence-corrected chi connectivity index (χ3v) is 4.99. The van der Waals surface area contributed by atoms with Gasteiger partial charge in [0.2, 0.25) is 0 Å². The Bertz CT molecular complexity index is 792. The summed E-state index contributed by atoms with van der Waals surface area (Å²) in [6.45, 7) is 5.47. The molecule has 3 aliphatic rings. The number of imide groups is 1. The molecule has 1 unspecified atom stereocenters. The molecule has 1 atom stereocenters. The summed E-state index contributed by atoms with van der Waals surface area (Å²) < 4.78 is 10.9. The van der Waals surface area contributed by atoms with E-state index >= 15 is 0 Å². The van der Waals surface area contributed by atoms with E-state index in [-0.39, 0.29) is 0 Å². The van der Waals surface area contributed by atoms with Crippen molar-refractivity contribution in [3.63, 3.8) is 0 Å². The van der Waals surface area contributed by atoms with Gasteiger partial charge in [-0.25, -0.2) is 9.79 Å². The number of urea groups is 1. The zero-order valence-corrected chi connectivity index (χ0v) is 15.2. The number of hydrogen-bond acceptors (Lipinski definition) is 7. The van der Waals surface area contributed by atoms with Gasteiger partial charge in [-0.2, -0.15) is 0 Å². The molecule has 9 heteroatoms. The number of fused-ring (bicyclic) bond motifs is 1. The first kappa shape index (κ1) is 17.7. The van der Waals surface area contributed by atoms with Crippen molar-refractivity contribution in [2.45, 2.75) is 12.5 Å². The molecule has 4 rings (SSSR count). The quantitative estimate of drug-likeness (QED) is 0.760. The zero-order valence-electron chi connectivity index (χ0n) is 15.2. The van der Waals surface area contributed by atoms with E-state index in [4.69, 9.17) is 14.1 Å². The summed E-state index contributed by atoms with van der Waals surface area (Å²) in [5, 5.41) is 4.76.